The van der Waals surface area contributed by atoms with Gasteiger partial charge in [-0.3, -0.25) is 0 Å². The van der Waals surface area contributed by atoms with Gasteiger partial charge in [-0.25, -0.2) is 4.79 Å². The van der Waals surface area contributed by atoms with Gasteiger partial charge in [0.2, 0.25) is 0 Å². The van der Waals surface area contributed by atoms with Crippen LogP contribution >= 0.6 is 0 Å². The number of hydrogen-bond donors (Lipinski definition) is 1. The van der Waals surface area contributed by atoms with E-state index in [1.807, 2.05) is 32.0 Å². The van der Waals surface area contributed by atoms with Crippen molar-refractivity contribution in [2.24, 2.45) is 11.7 Å². The number of hydrogen-bond acceptors (Lipinski definition) is 3. The van der Waals surface area contributed by atoms with E-state index in [0.29, 0.717) is 5.75 Å². The van der Waals surface area contributed by atoms with Crippen molar-refractivity contribution in [3.8, 4) is 5.75 Å². The van der Waals surface area contributed by atoms with Gasteiger partial charge in [0, 0.05) is 0 Å². The summed E-state index contributed by atoms with van der Waals surface area (Å²) in [6.07, 6.45) is 0.866. The van der Waals surface area contributed by atoms with Crippen LogP contribution in [0.1, 0.15) is 20.3 Å². The van der Waals surface area contributed by atoms with Crippen LogP contribution in [0.4, 0.5) is 0 Å². The summed E-state index contributed by atoms with van der Waals surface area (Å²) < 4.78 is 5.14. The third kappa shape index (κ3) is 3.36. The number of carbonyl (C=O) groups is 1. The minimum absolute atomic E-state index is 0.140. The summed E-state index contributed by atoms with van der Waals surface area (Å²) in [5.74, 6) is 0.318. The van der Waals surface area contributed by atoms with Crippen molar-refractivity contribution in [3.63, 3.8) is 0 Å². The average Bonchev–Trinajstić information content (AvgIpc) is 2.28. The Kier molecular flexibility index (Phi) is 4.31. The van der Waals surface area contributed by atoms with Gasteiger partial charge in [-0.05, 0) is 18.1 Å². The second-order valence-electron chi connectivity index (χ2n) is 3.65. The fourth-order valence-electron chi connectivity index (χ4n) is 1.16. The van der Waals surface area contributed by atoms with Crippen molar-refractivity contribution < 1.29 is 9.53 Å². The summed E-state index contributed by atoms with van der Waals surface area (Å²) in [6, 6.07) is 8.43. The van der Waals surface area contributed by atoms with Crippen LogP contribution in [0.2, 0.25) is 0 Å². The summed E-state index contributed by atoms with van der Waals surface area (Å²) in [6.45, 7) is 3.94. The normalized spacial score (nSPS) is 14.3. The molecule has 1 aromatic carbocycles. The zero-order valence-corrected chi connectivity index (χ0v) is 9.14. The number of esters is 1. The first-order chi connectivity index (χ1) is 7.15. The molecule has 0 saturated heterocycles. The lowest BCUT2D eigenvalue weighted by molar-refractivity contribution is -0.137. The molecular weight excluding hydrogens is 190 g/mol. The fraction of sp³-hybridized carbons (Fsp3) is 0.417. The molecule has 0 heterocycles. The lowest BCUT2D eigenvalue weighted by Gasteiger charge is -2.16. The van der Waals surface area contributed by atoms with Crippen LogP contribution in [-0.4, -0.2) is 12.0 Å². The van der Waals surface area contributed by atoms with Crippen LogP contribution in [-0.2, 0) is 4.79 Å². The predicted molar refractivity (Wildman–Crippen MR) is 59.5 cm³/mol. The maximum Gasteiger partial charge on any atom is 0.328 e. The van der Waals surface area contributed by atoms with E-state index in [-0.39, 0.29) is 11.9 Å². The highest BCUT2D eigenvalue weighted by atomic mass is 16.5. The van der Waals surface area contributed by atoms with Gasteiger partial charge < -0.3 is 10.5 Å². The van der Waals surface area contributed by atoms with Gasteiger partial charge in [-0.2, -0.15) is 0 Å². The minimum atomic E-state index is -0.546. The first-order valence-corrected chi connectivity index (χ1v) is 5.17. The molecule has 0 bridgehead atoms. The zero-order valence-electron chi connectivity index (χ0n) is 9.14. The fourth-order valence-corrected chi connectivity index (χ4v) is 1.16. The maximum atomic E-state index is 11.6. The first kappa shape index (κ1) is 11.7. The van der Waals surface area contributed by atoms with E-state index in [1.54, 1.807) is 12.1 Å². The van der Waals surface area contributed by atoms with Crippen molar-refractivity contribution >= 4 is 5.97 Å². The van der Waals surface area contributed by atoms with Crippen molar-refractivity contribution in [3.05, 3.63) is 30.3 Å². The Hall–Kier alpha value is -1.35. The second-order valence-corrected chi connectivity index (χ2v) is 3.65. The summed E-state index contributed by atoms with van der Waals surface area (Å²) in [5, 5.41) is 0. The van der Waals surface area contributed by atoms with Crippen LogP contribution < -0.4 is 10.5 Å². The Morgan fingerprint density at radius 1 is 1.40 bits per heavy atom. The third-order valence-corrected chi connectivity index (χ3v) is 2.49. The quantitative estimate of drug-likeness (QED) is 0.606. The topological polar surface area (TPSA) is 52.3 Å². The summed E-state index contributed by atoms with van der Waals surface area (Å²) >= 11 is 0. The molecule has 0 aliphatic heterocycles. The molecule has 0 aliphatic carbocycles. The van der Waals surface area contributed by atoms with Crippen LogP contribution in [0.3, 0.4) is 0 Å². The highest BCUT2D eigenvalue weighted by Crippen LogP contribution is 2.12. The van der Waals surface area contributed by atoms with Gasteiger partial charge in [0.25, 0.3) is 0 Å². The van der Waals surface area contributed by atoms with E-state index in [1.165, 1.54) is 0 Å². The molecule has 1 rings (SSSR count). The SMILES string of the molecule is CCC(C)C(N)C(=O)Oc1ccccc1. The van der Waals surface area contributed by atoms with Crippen molar-refractivity contribution in [2.45, 2.75) is 26.3 Å². The zero-order chi connectivity index (χ0) is 11.3. The van der Waals surface area contributed by atoms with Crippen LogP contribution in [0.25, 0.3) is 0 Å². The number of nitrogens with two attached hydrogens (primary N) is 1. The monoisotopic (exact) mass is 207 g/mol. The van der Waals surface area contributed by atoms with E-state index >= 15 is 0 Å². The van der Waals surface area contributed by atoms with Crippen molar-refractivity contribution in [1.82, 2.24) is 0 Å². The molecule has 15 heavy (non-hydrogen) atoms. The molecule has 0 spiro atoms. The molecule has 3 heteroatoms. The lowest BCUT2D eigenvalue weighted by atomic mass is 10.0. The van der Waals surface area contributed by atoms with Gasteiger partial charge >= 0.3 is 5.97 Å². The predicted octanol–water partition coefficient (Wildman–Crippen LogP) is 1.97. The van der Waals surface area contributed by atoms with Gasteiger partial charge in [-0.1, -0.05) is 38.5 Å². The second kappa shape index (κ2) is 5.51. The number of ether oxygens (including phenoxy) is 1. The minimum Gasteiger partial charge on any atom is -0.425 e. The van der Waals surface area contributed by atoms with Crippen LogP contribution in [0.15, 0.2) is 30.3 Å². The molecular formula is C12H17NO2. The van der Waals surface area contributed by atoms with Gasteiger partial charge in [0.1, 0.15) is 11.8 Å². The van der Waals surface area contributed by atoms with Gasteiger partial charge in [-0.15, -0.1) is 0 Å². The first-order valence-electron chi connectivity index (χ1n) is 5.17. The molecule has 0 saturated carbocycles. The molecule has 0 fully saturated rings. The molecule has 82 valence electrons. The van der Waals surface area contributed by atoms with E-state index in [4.69, 9.17) is 10.5 Å². The van der Waals surface area contributed by atoms with Gasteiger partial charge in [0.15, 0.2) is 0 Å². The summed E-state index contributed by atoms with van der Waals surface area (Å²) in [7, 11) is 0. The van der Waals surface area contributed by atoms with E-state index < -0.39 is 6.04 Å². The summed E-state index contributed by atoms with van der Waals surface area (Å²) in [4.78, 5) is 11.6. The van der Waals surface area contributed by atoms with Crippen molar-refractivity contribution in [2.75, 3.05) is 0 Å². The molecule has 0 amide bonds. The summed E-state index contributed by atoms with van der Waals surface area (Å²) in [5.41, 5.74) is 5.74. The number of para-hydroxylation sites is 1. The molecule has 0 aromatic heterocycles. The Morgan fingerprint density at radius 2 is 2.00 bits per heavy atom. The van der Waals surface area contributed by atoms with Gasteiger partial charge in [0.05, 0.1) is 0 Å². The maximum absolute atomic E-state index is 11.6. The molecule has 0 aliphatic rings. The van der Waals surface area contributed by atoms with Crippen LogP contribution in [0.5, 0.6) is 5.75 Å². The number of carbonyl (C=O) groups excluding carboxylic acids is 1. The third-order valence-electron chi connectivity index (χ3n) is 2.49. The highest BCUT2D eigenvalue weighted by molar-refractivity contribution is 5.78. The van der Waals surface area contributed by atoms with E-state index in [9.17, 15) is 4.79 Å². The Labute approximate surface area is 90.2 Å². The molecule has 3 nitrogen and oxygen atoms in total. The molecule has 2 N–H and O–H groups in total. The van der Waals surface area contributed by atoms with E-state index in [2.05, 4.69) is 0 Å². The number of rotatable bonds is 4. The standard InChI is InChI=1S/C12H17NO2/c1-3-9(2)11(13)12(14)15-10-7-5-4-6-8-10/h4-9,11H,3,13H2,1-2H3. The average molecular weight is 207 g/mol. The molecule has 2 atom stereocenters. The molecule has 2 unspecified atom stereocenters. The molecule has 0 radical (unpaired) electrons. The number of benzene rings is 1. The molecule has 1 aromatic rings. The van der Waals surface area contributed by atoms with Crippen LogP contribution in [0, 0.1) is 5.92 Å². The highest BCUT2D eigenvalue weighted by Gasteiger charge is 2.21. The smallest absolute Gasteiger partial charge is 0.328 e. The Morgan fingerprint density at radius 3 is 2.53 bits per heavy atom. The lowest BCUT2D eigenvalue weighted by Crippen LogP contribution is -2.39. The van der Waals surface area contributed by atoms with Crippen molar-refractivity contribution in [1.29, 1.82) is 0 Å². The Bertz CT molecular complexity index is 311. The Balaban J connectivity index is 2.56. The largest absolute Gasteiger partial charge is 0.425 e. The van der Waals surface area contributed by atoms with E-state index in [0.717, 1.165) is 6.42 Å².